The summed E-state index contributed by atoms with van der Waals surface area (Å²) in [6.45, 7) is 1.29. The van der Waals surface area contributed by atoms with Crippen molar-refractivity contribution in [3.8, 4) is 0 Å². The van der Waals surface area contributed by atoms with Crippen molar-refractivity contribution >= 4 is 5.91 Å². The van der Waals surface area contributed by atoms with E-state index in [-0.39, 0.29) is 17.7 Å². The van der Waals surface area contributed by atoms with Gasteiger partial charge < -0.3 is 9.42 Å². The predicted molar refractivity (Wildman–Crippen MR) is 56.1 cm³/mol. The molecular weight excluding hydrogens is 222 g/mol. The maximum atomic E-state index is 12.0. The Kier molecular flexibility index (Phi) is 2.36. The molecule has 0 radical (unpaired) electrons. The molecule has 1 atom stereocenters. The van der Waals surface area contributed by atoms with Crippen LogP contribution in [-0.2, 0) is 0 Å². The number of rotatable bonds is 2. The minimum atomic E-state index is -0.128. The van der Waals surface area contributed by atoms with Crippen molar-refractivity contribution in [2.75, 3.05) is 13.1 Å². The largest absolute Gasteiger partial charge is 0.351 e. The van der Waals surface area contributed by atoms with E-state index in [1.807, 2.05) is 0 Å². The van der Waals surface area contributed by atoms with Gasteiger partial charge >= 0.3 is 0 Å². The van der Waals surface area contributed by atoms with Crippen LogP contribution in [0.25, 0.3) is 0 Å². The molecule has 7 heteroatoms. The van der Waals surface area contributed by atoms with E-state index in [2.05, 4.69) is 15.4 Å². The highest BCUT2D eigenvalue weighted by Crippen LogP contribution is 2.21. The first-order valence-corrected chi connectivity index (χ1v) is 5.40. The molecular formula is C10H11N5O2. The van der Waals surface area contributed by atoms with Gasteiger partial charge in [0.1, 0.15) is 0 Å². The van der Waals surface area contributed by atoms with Crippen LogP contribution < -0.4 is 0 Å². The van der Waals surface area contributed by atoms with Crippen molar-refractivity contribution in [3.63, 3.8) is 0 Å². The summed E-state index contributed by atoms with van der Waals surface area (Å²) in [5, 5.41) is 11.7. The average Bonchev–Trinajstić information content (AvgIpc) is 3.09. The molecule has 3 rings (SSSR count). The molecule has 1 fully saturated rings. The summed E-state index contributed by atoms with van der Waals surface area (Å²) in [5.41, 5.74) is 0. The average molecular weight is 233 g/mol. The number of nitrogens with zero attached hydrogens (tertiary/aromatic N) is 5. The van der Waals surface area contributed by atoms with Crippen molar-refractivity contribution in [1.82, 2.24) is 25.1 Å². The fourth-order valence-electron chi connectivity index (χ4n) is 2.01. The lowest BCUT2D eigenvalue weighted by Gasteiger charge is -2.13. The summed E-state index contributed by atoms with van der Waals surface area (Å²) in [6, 6.07) is 1.72. The van der Waals surface area contributed by atoms with Gasteiger partial charge in [-0.05, 0) is 6.42 Å². The second kappa shape index (κ2) is 4.00. The predicted octanol–water partition coefficient (Wildman–Crippen LogP) is 0.353. The second-order valence-electron chi connectivity index (χ2n) is 3.92. The Balaban J connectivity index is 1.70. The molecule has 0 N–H and O–H groups in total. The Morgan fingerprint density at radius 3 is 2.88 bits per heavy atom. The molecule has 0 saturated carbocycles. The lowest BCUT2D eigenvalue weighted by atomic mass is 10.3. The molecule has 3 heterocycles. The minimum Gasteiger partial charge on any atom is -0.351 e. The number of hydrogen-bond donors (Lipinski definition) is 0. The van der Waals surface area contributed by atoms with Crippen LogP contribution in [0.5, 0.6) is 0 Å². The molecule has 0 aliphatic carbocycles. The highest BCUT2D eigenvalue weighted by Gasteiger charge is 2.30. The van der Waals surface area contributed by atoms with Crippen LogP contribution in [-0.4, -0.2) is 44.0 Å². The number of carbonyl (C=O) groups excluding carboxylic acids is 1. The molecule has 17 heavy (non-hydrogen) atoms. The molecule has 1 amide bonds. The number of likely N-dealkylation sites (tertiary alicyclic amines) is 1. The quantitative estimate of drug-likeness (QED) is 0.748. The molecule has 0 aromatic carbocycles. The zero-order valence-corrected chi connectivity index (χ0v) is 9.06. The van der Waals surface area contributed by atoms with Crippen LogP contribution in [0.2, 0.25) is 0 Å². The Labute approximate surface area is 97.0 Å². The Morgan fingerprint density at radius 1 is 1.35 bits per heavy atom. The molecule has 1 aliphatic heterocycles. The lowest BCUT2D eigenvalue weighted by molar-refractivity contribution is 0.0744. The lowest BCUT2D eigenvalue weighted by Crippen LogP contribution is -2.29. The molecule has 7 nitrogen and oxygen atoms in total. The third kappa shape index (κ3) is 1.79. The van der Waals surface area contributed by atoms with Gasteiger partial charge in [-0.15, -0.1) is 0 Å². The monoisotopic (exact) mass is 233 g/mol. The third-order valence-electron chi connectivity index (χ3n) is 2.86. The molecule has 1 aliphatic rings. The van der Waals surface area contributed by atoms with Crippen LogP contribution in [0.15, 0.2) is 29.2 Å². The van der Waals surface area contributed by atoms with Gasteiger partial charge in [0, 0.05) is 19.2 Å². The van der Waals surface area contributed by atoms with Crippen LogP contribution in [0.3, 0.4) is 0 Å². The smallest absolute Gasteiger partial charge is 0.292 e. The first-order chi connectivity index (χ1) is 8.34. The number of aromatic nitrogens is 4. The van der Waals surface area contributed by atoms with Crippen molar-refractivity contribution < 1.29 is 9.32 Å². The van der Waals surface area contributed by atoms with Crippen molar-refractivity contribution in [3.05, 3.63) is 30.4 Å². The number of amides is 1. The van der Waals surface area contributed by atoms with E-state index in [4.69, 9.17) is 4.52 Å². The fraction of sp³-hybridized carbons (Fsp3) is 0.400. The zero-order chi connectivity index (χ0) is 11.7. The number of carbonyl (C=O) groups is 1. The van der Waals surface area contributed by atoms with E-state index in [9.17, 15) is 4.79 Å². The van der Waals surface area contributed by atoms with E-state index >= 15 is 0 Å². The minimum absolute atomic E-state index is 0.128. The van der Waals surface area contributed by atoms with Gasteiger partial charge in [0.05, 0.1) is 24.6 Å². The normalized spacial score (nSPS) is 19.8. The first kappa shape index (κ1) is 10.0. The Hall–Kier alpha value is -2.18. The molecule has 2 aromatic heterocycles. The van der Waals surface area contributed by atoms with E-state index < -0.39 is 0 Å². The van der Waals surface area contributed by atoms with Crippen molar-refractivity contribution in [2.24, 2.45) is 0 Å². The van der Waals surface area contributed by atoms with Gasteiger partial charge in [-0.1, -0.05) is 5.16 Å². The highest BCUT2D eigenvalue weighted by atomic mass is 16.5. The van der Waals surface area contributed by atoms with Crippen molar-refractivity contribution in [1.29, 1.82) is 0 Å². The van der Waals surface area contributed by atoms with Crippen molar-refractivity contribution in [2.45, 2.75) is 12.5 Å². The van der Waals surface area contributed by atoms with Gasteiger partial charge in [-0.2, -0.15) is 15.0 Å². The van der Waals surface area contributed by atoms with Gasteiger partial charge in [0.2, 0.25) is 5.76 Å². The molecule has 2 aromatic rings. The van der Waals surface area contributed by atoms with E-state index in [1.165, 1.54) is 6.20 Å². The van der Waals surface area contributed by atoms with Crippen LogP contribution >= 0.6 is 0 Å². The Bertz CT molecular complexity index is 493. The Morgan fingerprint density at radius 2 is 2.18 bits per heavy atom. The van der Waals surface area contributed by atoms with Gasteiger partial charge in [0.15, 0.2) is 0 Å². The molecule has 0 bridgehead atoms. The molecule has 88 valence electrons. The summed E-state index contributed by atoms with van der Waals surface area (Å²) < 4.78 is 4.85. The van der Waals surface area contributed by atoms with E-state index in [0.29, 0.717) is 13.1 Å². The van der Waals surface area contributed by atoms with Gasteiger partial charge in [-0.3, -0.25) is 4.79 Å². The van der Waals surface area contributed by atoms with Gasteiger partial charge in [0.25, 0.3) is 5.91 Å². The fourth-order valence-corrected chi connectivity index (χ4v) is 2.01. The maximum absolute atomic E-state index is 12.0. The highest BCUT2D eigenvalue weighted by molar-refractivity contribution is 5.91. The first-order valence-electron chi connectivity index (χ1n) is 5.40. The van der Waals surface area contributed by atoms with Gasteiger partial charge in [-0.25, -0.2) is 0 Å². The van der Waals surface area contributed by atoms with E-state index in [0.717, 1.165) is 6.42 Å². The topological polar surface area (TPSA) is 77.0 Å². The van der Waals surface area contributed by atoms with Crippen LogP contribution in [0.1, 0.15) is 23.0 Å². The standard InChI is InChI=1S/C10H11N5O2/c16-10(9-1-3-13-17-9)14-6-2-8(7-14)15-11-4-5-12-15/h1,3-5,8H,2,6-7H2. The molecule has 1 saturated heterocycles. The second-order valence-corrected chi connectivity index (χ2v) is 3.92. The zero-order valence-electron chi connectivity index (χ0n) is 9.06. The van der Waals surface area contributed by atoms with Crippen LogP contribution in [0, 0.1) is 0 Å². The summed E-state index contributed by atoms with van der Waals surface area (Å²) in [6.07, 6.45) is 5.60. The van der Waals surface area contributed by atoms with Crippen LogP contribution in [0.4, 0.5) is 0 Å². The number of hydrogen-bond acceptors (Lipinski definition) is 5. The third-order valence-corrected chi connectivity index (χ3v) is 2.86. The molecule has 1 unspecified atom stereocenters. The maximum Gasteiger partial charge on any atom is 0.292 e. The SMILES string of the molecule is O=C(c1ccno1)N1CCC(n2nccn2)C1. The summed E-state index contributed by atoms with van der Waals surface area (Å²) in [5.74, 6) is 0.149. The summed E-state index contributed by atoms with van der Waals surface area (Å²) in [7, 11) is 0. The van der Waals surface area contributed by atoms with E-state index in [1.54, 1.807) is 28.2 Å². The molecule has 0 spiro atoms. The summed E-state index contributed by atoms with van der Waals surface area (Å²) in [4.78, 5) is 15.3. The summed E-state index contributed by atoms with van der Waals surface area (Å²) >= 11 is 0.